The van der Waals surface area contributed by atoms with Gasteiger partial charge in [-0.2, -0.15) is 0 Å². The molecule has 6 rings (SSSR count). The van der Waals surface area contributed by atoms with Crippen molar-refractivity contribution in [2.45, 2.75) is 26.5 Å². The van der Waals surface area contributed by atoms with E-state index in [0.717, 1.165) is 61.6 Å². The second-order valence-corrected chi connectivity index (χ2v) is 9.16. The number of hydrogen-bond acceptors (Lipinski definition) is 5. The molecule has 0 aliphatic heterocycles. The first-order valence-corrected chi connectivity index (χ1v) is 12.2. The first kappa shape index (κ1) is 22.9. The Morgan fingerprint density at radius 1 is 0.892 bits per heavy atom. The monoisotopic (exact) mass is 486 g/mol. The number of fused-ring (bicyclic) bond motifs is 1. The van der Waals surface area contributed by atoms with Crippen molar-refractivity contribution >= 4 is 11.0 Å². The lowest BCUT2D eigenvalue weighted by Crippen LogP contribution is -2.13. The lowest BCUT2D eigenvalue weighted by atomic mass is 10.0. The van der Waals surface area contributed by atoms with Gasteiger partial charge in [0.1, 0.15) is 11.8 Å². The standard InChI is InChI=1S/C31H26N4O2/c1-20-29(21(2)37-34-20)25-16-28-30(33-17-25)26(23-13-11-22(19-36)12-14-23)18-35(28)31(24-8-4-3-5-9-24)27-10-6-7-15-32-27/h3-18,31,36H,19H2,1-2H3. The van der Waals surface area contributed by atoms with Gasteiger partial charge in [0.15, 0.2) is 0 Å². The molecule has 0 fully saturated rings. The summed E-state index contributed by atoms with van der Waals surface area (Å²) in [7, 11) is 0. The number of pyridine rings is 2. The third-order valence-corrected chi connectivity index (χ3v) is 6.80. The average Bonchev–Trinajstić information content (AvgIpc) is 3.49. The van der Waals surface area contributed by atoms with Crippen LogP contribution in [0.3, 0.4) is 0 Å². The normalized spacial score (nSPS) is 12.2. The molecular weight excluding hydrogens is 460 g/mol. The minimum Gasteiger partial charge on any atom is -0.392 e. The molecule has 0 radical (unpaired) electrons. The SMILES string of the molecule is Cc1noc(C)c1-c1cnc2c(-c3ccc(CO)cc3)cn(C(c3ccccc3)c3ccccn3)c2c1. The molecule has 0 aliphatic rings. The van der Waals surface area contributed by atoms with Crippen LogP contribution < -0.4 is 0 Å². The highest BCUT2D eigenvalue weighted by Gasteiger charge is 2.23. The van der Waals surface area contributed by atoms with E-state index >= 15 is 0 Å². The van der Waals surface area contributed by atoms with Crippen LogP contribution in [0.15, 0.2) is 102 Å². The van der Waals surface area contributed by atoms with E-state index in [-0.39, 0.29) is 12.6 Å². The van der Waals surface area contributed by atoms with Gasteiger partial charge in [-0.15, -0.1) is 0 Å². The van der Waals surface area contributed by atoms with Crippen molar-refractivity contribution in [3.63, 3.8) is 0 Å². The van der Waals surface area contributed by atoms with E-state index in [1.54, 1.807) is 0 Å². The van der Waals surface area contributed by atoms with Crippen molar-refractivity contribution in [2.24, 2.45) is 0 Å². The van der Waals surface area contributed by atoms with E-state index < -0.39 is 0 Å². The van der Waals surface area contributed by atoms with Crippen molar-refractivity contribution in [1.29, 1.82) is 0 Å². The summed E-state index contributed by atoms with van der Waals surface area (Å²) in [6.45, 7) is 3.88. The van der Waals surface area contributed by atoms with Gasteiger partial charge in [-0.3, -0.25) is 9.97 Å². The summed E-state index contributed by atoms with van der Waals surface area (Å²) < 4.78 is 7.72. The Bertz CT molecular complexity index is 1610. The van der Waals surface area contributed by atoms with Crippen LogP contribution in [0.1, 0.15) is 34.3 Å². The van der Waals surface area contributed by atoms with Gasteiger partial charge in [0, 0.05) is 35.3 Å². The fraction of sp³-hybridized carbons (Fsp3) is 0.129. The molecule has 1 unspecified atom stereocenters. The van der Waals surface area contributed by atoms with Crippen LogP contribution in [0.4, 0.5) is 0 Å². The van der Waals surface area contributed by atoms with Gasteiger partial charge >= 0.3 is 0 Å². The minimum atomic E-state index is -0.155. The Morgan fingerprint density at radius 3 is 2.35 bits per heavy atom. The lowest BCUT2D eigenvalue weighted by molar-refractivity contribution is 0.282. The van der Waals surface area contributed by atoms with Gasteiger partial charge in [-0.25, -0.2) is 0 Å². The minimum absolute atomic E-state index is 0.0108. The molecule has 1 atom stereocenters. The van der Waals surface area contributed by atoms with Gasteiger partial charge in [-0.05, 0) is 48.7 Å². The Labute approximate surface area is 214 Å². The second kappa shape index (κ2) is 9.48. The summed E-state index contributed by atoms with van der Waals surface area (Å²) in [6, 6.07) is 26.4. The Balaban J connectivity index is 1.64. The molecule has 0 spiro atoms. The van der Waals surface area contributed by atoms with E-state index in [0.29, 0.717) is 0 Å². The molecule has 6 aromatic rings. The molecule has 4 heterocycles. The van der Waals surface area contributed by atoms with Crippen LogP contribution in [0.5, 0.6) is 0 Å². The molecule has 2 aromatic carbocycles. The van der Waals surface area contributed by atoms with E-state index in [9.17, 15) is 5.11 Å². The predicted octanol–water partition coefficient (Wildman–Crippen LogP) is 6.50. The van der Waals surface area contributed by atoms with Gasteiger partial charge < -0.3 is 14.2 Å². The van der Waals surface area contributed by atoms with Crippen LogP contribution in [0.25, 0.3) is 33.3 Å². The van der Waals surface area contributed by atoms with Gasteiger partial charge in [-0.1, -0.05) is 65.8 Å². The smallest absolute Gasteiger partial charge is 0.141 e. The Morgan fingerprint density at radius 2 is 1.68 bits per heavy atom. The maximum absolute atomic E-state index is 9.53. The molecule has 0 saturated heterocycles. The second-order valence-electron chi connectivity index (χ2n) is 9.16. The Hall–Kier alpha value is -4.55. The van der Waals surface area contributed by atoms with Gasteiger partial charge in [0.05, 0.1) is 29.0 Å². The molecule has 0 saturated carbocycles. The fourth-order valence-corrected chi connectivity index (χ4v) is 5.02. The zero-order valence-electron chi connectivity index (χ0n) is 20.7. The average molecular weight is 487 g/mol. The summed E-state index contributed by atoms with van der Waals surface area (Å²) in [5.41, 5.74) is 9.62. The summed E-state index contributed by atoms with van der Waals surface area (Å²) in [5.74, 6) is 0.765. The molecule has 182 valence electrons. The number of aliphatic hydroxyl groups is 1. The van der Waals surface area contributed by atoms with Crippen LogP contribution in [0.2, 0.25) is 0 Å². The van der Waals surface area contributed by atoms with Crippen molar-refractivity contribution < 1.29 is 9.63 Å². The Kier molecular flexibility index (Phi) is 5.87. The number of aromatic nitrogens is 4. The van der Waals surface area contributed by atoms with Gasteiger partial charge in [0.25, 0.3) is 0 Å². The zero-order valence-corrected chi connectivity index (χ0v) is 20.7. The highest BCUT2D eigenvalue weighted by atomic mass is 16.5. The first-order chi connectivity index (χ1) is 18.1. The molecule has 0 bridgehead atoms. The van der Waals surface area contributed by atoms with E-state index in [1.807, 2.05) is 68.7 Å². The third-order valence-electron chi connectivity index (χ3n) is 6.80. The van der Waals surface area contributed by atoms with Crippen molar-refractivity contribution in [3.8, 4) is 22.3 Å². The first-order valence-electron chi connectivity index (χ1n) is 12.2. The van der Waals surface area contributed by atoms with E-state index in [4.69, 9.17) is 14.5 Å². The highest BCUT2D eigenvalue weighted by molar-refractivity contribution is 5.95. The van der Waals surface area contributed by atoms with Crippen molar-refractivity contribution in [3.05, 3.63) is 126 Å². The van der Waals surface area contributed by atoms with E-state index in [2.05, 4.69) is 52.3 Å². The largest absolute Gasteiger partial charge is 0.392 e. The molecule has 4 aromatic heterocycles. The van der Waals surface area contributed by atoms with Crippen molar-refractivity contribution in [1.82, 2.24) is 19.7 Å². The van der Waals surface area contributed by atoms with Crippen LogP contribution in [-0.2, 0) is 6.61 Å². The topological polar surface area (TPSA) is 77.0 Å². The molecule has 6 heteroatoms. The number of benzene rings is 2. The molecule has 37 heavy (non-hydrogen) atoms. The highest BCUT2D eigenvalue weighted by Crippen LogP contribution is 2.38. The number of nitrogens with zero attached hydrogens (tertiary/aromatic N) is 4. The van der Waals surface area contributed by atoms with Crippen molar-refractivity contribution in [2.75, 3.05) is 0 Å². The number of aliphatic hydroxyl groups excluding tert-OH is 1. The number of aryl methyl sites for hydroxylation is 2. The summed E-state index contributed by atoms with van der Waals surface area (Å²) in [4.78, 5) is 9.72. The third kappa shape index (κ3) is 4.11. The maximum atomic E-state index is 9.53. The van der Waals surface area contributed by atoms with Crippen LogP contribution in [-0.4, -0.2) is 24.8 Å². The summed E-state index contributed by atoms with van der Waals surface area (Å²) in [6.07, 6.45) is 5.89. The van der Waals surface area contributed by atoms with Crippen LogP contribution >= 0.6 is 0 Å². The quantitative estimate of drug-likeness (QED) is 0.291. The fourth-order valence-electron chi connectivity index (χ4n) is 5.02. The molecule has 0 amide bonds. The maximum Gasteiger partial charge on any atom is 0.141 e. The van der Waals surface area contributed by atoms with Crippen LogP contribution in [0, 0.1) is 13.8 Å². The molecule has 1 N–H and O–H groups in total. The lowest BCUT2D eigenvalue weighted by Gasteiger charge is -2.20. The molecule has 6 nitrogen and oxygen atoms in total. The zero-order chi connectivity index (χ0) is 25.4. The molecular formula is C31H26N4O2. The number of hydrogen-bond donors (Lipinski definition) is 1. The molecule has 0 aliphatic carbocycles. The van der Waals surface area contributed by atoms with E-state index in [1.165, 1.54) is 0 Å². The van der Waals surface area contributed by atoms with Gasteiger partial charge in [0.2, 0.25) is 0 Å². The predicted molar refractivity (Wildman–Crippen MR) is 144 cm³/mol. The summed E-state index contributed by atoms with van der Waals surface area (Å²) >= 11 is 0. The summed E-state index contributed by atoms with van der Waals surface area (Å²) in [5, 5.41) is 13.7. The number of rotatable bonds is 6.